The van der Waals surface area contributed by atoms with Crippen LogP contribution < -0.4 is 24.0 Å². The van der Waals surface area contributed by atoms with Gasteiger partial charge in [-0.3, -0.25) is 9.38 Å². The number of benzene rings is 1. The fourth-order valence-corrected chi connectivity index (χ4v) is 4.23. The van der Waals surface area contributed by atoms with Crippen LogP contribution in [0, 0.1) is 0 Å². The molecule has 1 atom stereocenters. The van der Waals surface area contributed by atoms with E-state index >= 15 is 0 Å². The third-order valence-corrected chi connectivity index (χ3v) is 6.25. The number of piperazine rings is 1. The lowest BCUT2D eigenvalue weighted by molar-refractivity contribution is -0.955. The predicted molar refractivity (Wildman–Crippen MR) is 95.1 cm³/mol. The van der Waals surface area contributed by atoms with Crippen LogP contribution in [0.1, 0.15) is 56.1 Å². The van der Waals surface area contributed by atoms with E-state index in [1.54, 1.807) is 5.56 Å². The largest absolute Gasteiger partial charge is 1.00 e. The van der Waals surface area contributed by atoms with Crippen molar-refractivity contribution in [2.24, 2.45) is 0 Å². The Bertz CT molecular complexity index is 506. The lowest BCUT2D eigenvalue weighted by Gasteiger charge is -2.44. The van der Waals surface area contributed by atoms with Crippen LogP contribution in [-0.4, -0.2) is 53.9 Å². The summed E-state index contributed by atoms with van der Waals surface area (Å²) in [6, 6.07) is 9.11. The molecule has 1 unspecified atom stereocenters. The predicted octanol–water partition coefficient (Wildman–Crippen LogP) is 0.339. The minimum Gasteiger partial charge on any atom is -1.00 e. The first kappa shape index (κ1) is 20.1. The quantitative estimate of drug-likeness (QED) is 0.535. The van der Waals surface area contributed by atoms with E-state index in [2.05, 4.69) is 36.2 Å². The lowest BCUT2D eigenvalue weighted by Crippen LogP contribution is -3.00. The molecule has 3 rings (SSSR count). The maximum Gasteiger partial charge on any atom is 0.187 e. The highest BCUT2D eigenvalue weighted by molar-refractivity contribution is 5.30. The molecule has 1 aliphatic carbocycles. The van der Waals surface area contributed by atoms with Gasteiger partial charge in [-0.2, -0.15) is 0 Å². The first-order valence-corrected chi connectivity index (χ1v) is 9.41. The Kier molecular flexibility index (Phi) is 7.53. The van der Waals surface area contributed by atoms with Gasteiger partial charge in [-0.15, -0.1) is 0 Å². The SMILES string of the molecule is CC(O)[N+]1(C)CCN(Cc2ccccc2C2CCCCC2)CC1.[I-]. The zero-order valence-corrected chi connectivity index (χ0v) is 17.4. The third kappa shape index (κ3) is 4.71. The number of hydrogen-bond acceptors (Lipinski definition) is 2. The molecule has 1 aromatic rings. The summed E-state index contributed by atoms with van der Waals surface area (Å²) in [4.78, 5) is 2.57. The fourth-order valence-electron chi connectivity index (χ4n) is 4.23. The molecule has 0 spiro atoms. The molecular formula is C20H33IN2O. The van der Waals surface area contributed by atoms with Crippen molar-refractivity contribution in [3.05, 3.63) is 35.4 Å². The minimum atomic E-state index is -0.258. The van der Waals surface area contributed by atoms with Crippen LogP contribution in [0.2, 0.25) is 0 Å². The molecular weight excluding hydrogens is 411 g/mol. The van der Waals surface area contributed by atoms with Crippen LogP contribution in [0.3, 0.4) is 0 Å². The smallest absolute Gasteiger partial charge is 0.187 e. The van der Waals surface area contributed by atoms with Crippen molar-refractivity contribution in [3.8, 4) is 0 Å². The van der Waals surface area contributed by atoms with E-state index in [-0.39, 0.29) is 30.2 Å². The van der Waals surface area contributed by atoms with Crippen molar-refractivity contribution in [2.75, 3.05) is 33.2 Å². The molecule has 0 radical (unpaired) electrons. The van der Waals surface area contributed by atoms with Gasteiger partial charge in [-0.1, -0.05) is 43.5 Å². The van der Waals surface area contributed by atoms with E-state index in [0.717, 1.165) is 43.1 Å². The number of likely N-dealkylation sites (N-methyl/N-ethyl adjacent to an activating group) is 1. The Morgan fingerprint density at radius 3 is 2.38 bits per heavy atom. The Morgan fingerprint density at radius 2 is 1.75 bits per heavy atom. The van der Waals surface area contributed by atoms with Crippen molar-refractivity contribution in [3.63, 3.8) is 0 Å². The molecule has 0 amide bonds. The minimum absolute atomic E-state index is 0. The molecule has 0 aromatic heterocycles. The zero-order chi connectivity index (χ0) is 16.3. The van der Waals surface area contributed by atoms with Gasteiger partial charge in [0.2, 0.25) is 0 Å². The van der Waals surface area contributed by atoms with E-state index in [9.17, 15) is 5.11 Å². The summed E-state index contributed by atoms with van der Waals surface area (Å²) in [7, 11) is 2.18. The number of halogens is 1. The highest BCUT2D eigenvalue weighted by Crippen LogP contribution is 2.34. The van der Waals surface area contributed by atoms with Gasteiger partial charge in [0.15, 0.2) is 6.23 Å². The summed E-state index contributed by atoms with van der Waals surface area (Å²) in [6.07, 6.45) is 6.69. The molecule has 1 aliphatic heterocycles. The Morgan fingerprint density at radius 1 is 1.12 bits per heavy atom. The van der Waals surface area contributed by atoms with Crippen LogP contribution in [0.4, 0.5) is 0 Å². The topological polar surface area (TPSA) is 23.5 Å². The van der Waals surface area contributed by atoms with Gasteiger partial charge < -0.3 is 29.1 Å². The van der Waals surface area contributed by atoms with Crippen LogP contribution in [0.5, 0.6) is 0 Å². The van der Waals surface area contributed by atoms with Gasteiger partial charge in [0, 0.05) is 26.6 Å². The molecule has 24 heavy (non-hydrogen) atoms. The number of rotatable bonds is 4. The number of quaternary nitrogens is 1. The fraction of sp³-hybridized carbons (Fsp3) is 0.700. The first-order chi connectivity index (χ1) is 11.1. The maximum atomic E-state index is 9.98. The van der Waals surface area contributed by atoms with E-state index in [1.165, 1.54) is 37.7 Å². The van der Waals surface area contributed by atoms with Gasteiger partial charge in [-0.05, 0) is 29.9 Å². The summed E-state index contributed by atoms with van der Waals surface area (Å²) in [5.74, 6) is 0.781. The van der Waals surface area contributed by atoms with Crippen LogP contribution >= 0.6 is 0 Å². The normalized spacial score (nSPS) is 23.5. The van der Waals surface area contributed by atoms with E-state index in [1.807, 2.05) is 6.92 Å². The summed E-state index contributed by atoms with van der Waals surface area (Å²) >= 11 is 0. The highest BCUT2D eigenvalue weighted by Gasteiger charge is 2.32. The highest BCUT2D eigenvalue weighted by atomic mass is 127. The van der Waals surface area contributed by atoms with E-state index in [0.29, 0.717) is 0 Å². The molecule has 1 aromatic carbocycles. The van der Waals surface area contributed by atoms with Gasteiger partial charge in [0.05, 0.1) is 20.1 Å². The molecule has 2 aliphatic rings. The van der Waals surface area contributed by atoms with E-state index in [4.69, 9.17) is 0 Å². The average Bonchev–Trinajstić information content (AvgIpc) is 2.58. The molecule has 1 saturated carbocycles. The Labute approximate surface area is 164 Å². The molecule has 4 heteroatoms. The zero-order valence-electron chi connectivity index (χ0n) is 15.3. The maximum absolute atomic E-state index is 9.98. The number of aliphatic hydroxyl groups is 1. The summed E-state index contributed by atoms with van der Waals surface area (Å²) in [5.41, 5.74) is 3.14. The van der Waals surface area contributed by atoms with Crippen LogP contribution in [-0.2, 0) is 6.54 Å². The molecule has 2 fully saturated rings. The summed E-state index contributed by atoms with van der Waals surface area (Å²) < 4.78 is 0.792. The molecule has 136 valence electrons. The Hall–Kier alpha value is -0.170. The van der Waals surface area contributed by atoms with Crippen molar-refractivity contribution >= 4 is 0 Å². The van der Waals surface area contributed by atoms with Crippen molar-refractivity contribution < 1.29 is 33.6 Å². The number of nitrogens with zero attached hydrogens (tertiary/aromatic N) is 2. The van der Waals surface area contributed by atoms with Gasteiger partial charge in [0.1, 0.15) is 0 Å². The van der Waals surface area contributed by atoms with Gasteiger partial charge in [-0.25, -0.2) is 0 Å². The van der Waals surface area contributed by atoms with E-state index < -0.39 is 0 Å². The summed E-state index contributed by atoms with van der Waals surface area (Å²) in [6.45, 7) is 7.26. The standard InChI is InChI=1S/C20H33N2O.HI/c1-17(23)22(2)14-12-21(13-15-22)16-19-10-6-7-11-20(19)18-8-4-3-5-9-18;/h6-7,10-11,17-18,23H,3-5,8-9,12-16H2,1-2H3;1H/q+1;/p-1. The first-order valence-electron chi connectivity index (χ1n) is 9.41. The summed E-state index contributed by atoms with van der Waals surface area (Å²) in [5, 5.41) is 9.98. The second kappa shape index (κ2) is 8.97. The lowest BCUT2D eigenvalue weighted by atomic mass is 9.82. The molecule has 3 nitrogen and oxygen atoms in total. The molecule has 1 heterocycles. The monoisotopic (exact) mass is 444 g/mol. The van der Waals surface area contributed by atoms with Crippen molar-refractivity contribution in [2.45, 2.75) is 57.7 Å². The van der Waals surface area contributed by atoms with Crippen LogP contribution in [0.15, 0.2) is 24.3 Å². The molecule has 1 saturated heterocycles. The second-order valence-electron chi connectivity index (χ2n) is 7.87. The number of aliphatic hydroxyl groups excluding tert-OH is 1. The van der Waals surface area contributed by atoms with Crippen molar-refractivity contribution in [1.82, 2.24) is 4.90 Å². The third-order valence-electron chi connectivity index (χ3n) is 6.25. The molecule has 1 N–H and O–H groups in total. The van der Waals surface area contributed by atoms with Crippen LogP contribution in [0.25, 0.3) is 0 Å². The Balaban J connectivity index is 0.00000208. The second-order valence-corrected chi connectivity index (χ2v) is 7.87. The van der Waals surface area contributed by atoms with Gasteiger partial charge in [0.25, 0.3) is 0 Å². The number of hydrogen-bond donors (Lipinski definition) is 1. The average molecular weight is 444 g/mol. The van der Waals surface area contributed by atoms with Crippen molar-refractivity contribution in [1.29, 1.82) is 0 Å². The van der Waals surface area contributed by atoms with Gasteiger partial charge >= 0.3 is 0 Å². The molecule has 0 bridgehead atoms.